The minimum Gasteiger partial charge on any atom is -0.459 e. The van der Waals surface area contributed by atoms with Crippen molar-refractivity contribution in [1.82, 2.24) is 15.3 Å². The first-order valence-electron chi connectivity index (χ1n) is 8.19. The van der Waals surface area contributed by atoms with E-state index in [1.807, 2.05) is 0 Å². The molecule has 1 aliphatic rings. The highest BCUT2D eigenvalue weighted by Gasteiger charge is 2.18. The van der Waals surface area contributed by atoms with Crippen LogP contribution in [0.3, 0.4) is 0 Å². The number of carbonyl (C=O) groups excluding carboxylic acids is 2. The number of hydrogen-bond acceptors (Lipinski definition) is 7. The number of carbonyl (C=O) groups is 2. The summed E-state index contributed by atoms with van der Waals surface area (Å²) in [5, 5.41) is 5.53. The second-order valence-electron chi connectivity index (χ2n) is 5.90. The molecule has 1 saturated carbocycles. The fourth-order valence-corrected chi connectivity index (χ4v) is 3.39. The highest BCUT2D eigenvalue weighted by Crippen LogP contribution is 2.19. The lowest BCUT2D eigenvalue weighted by atomic mass is 10.2. The Kier molecular flexibility index (Phi) is 5.61. The molecule has 0 atom stereocenters. The van der Waals surface area contributed by atoms with Gasteiger partial charge in [0.25, 0.3) is 11.5 Å². The van der Waals surface area contributed by atoms with E-state index >= 15 is 0 Å². The van der Waals surface area contributed by atoms with E-state index in [0.29, 0.717) is 0 Å². The largest absolute Gasteiger partial charge is 0.459 e. The van der Waals surface area contributed by atoms with E-state index < -0.39 is 11.5 Å². The van der Waals surface area contributed by atoms with Gasteiger partial charge >= 0.3 is 0 Å². The van der Waals surface area contributed by atoms with Gasteiger partial charge in [-0.15, -0.1) is 0 Å². The second kappa shape index (κ2) is 8.09. The van der Waals surface area contributed by atoms with Gasteiger partial charge in [0, 0.05) is 6.04 Å². The molecule has 26 heavy (non-hydrogen) atoms. The summed E-state index contributed by atoms with van der Waals surface area (Å²) in [6.45, 7) is 0. The summed E-state index contributed by atoms with van der Waals surface area (Å²) in [4.78, 5) is 42.6. The number of nitrogen functional groups attached to an aromatic ring is 1. The summed E-state index contributed by atoms with van der Waals surface area (Å²) in [6.07, 6.45) is 5.62. The van der Waals surface area contributed by atoms with Crippen LogP contribution in [-0.4, -0.2) is 33.6 Å². The summed E-state index contributed by atoms with van der Waals surface area (Å²) in [5.41, 5.74) is 5.01. The number of rotatable bonds is 6. The number of thioether (sulfide) groups is 1. The number of nitrogens with zero attached hydrogens (tertiary/aromatic N) is 1. The number of aromatic nitrogens is 2. The monoisotopic (exact) mass is 377 g/mol. The SMILES string of the molecule is Nc1nc(SCC(=O)NC2CCCC2)[nH]c(=O)c1NC(=O)c1ccco1. The standard InChI is InChI=1S/C16H19N5O4S/c17-13-12(19-14(23)10-6-3-7-25-10)15(24)21-16(20-13)26-8-11(22)18-9-4-1-2-5-9/h3,6-7,9H,1-2,4-5,8H2,(H,18,22)(H,19,23)(H3,17,20,21,24). The molecule has 0 bridgehead atoms. The van der Waals surface area contributed by atoms with Crippen molar-refractivity contribution in [2.24, 2.45) is 0 Å². The van der Waals surface area contributed by atoms with Gasteiger partial charge in [-0.2, -0.15) is 0 Å². The van der Waals surface area contributed by atoms with Crippen molar-refractivity contribution in [3.05, 3.63) is 34.5 Å². The molecule has 2 aromatic rings. The smallest absolute Gasteiger partial charge is 0.291 e. The first-order chi connectivity index (χ1) is 12.5. The lowest BCUT2D eigenvalue weighted by Crippen LogP contribution is -2.34. The van der Waals surface area contributed by atoms with Crippen molar-refractivity contribution in [3.8, 4) is 0 Å². The van der Waals surface area contributed by atoms with Gasteiger partial charge in [-0.25, -0.2) is 4.98 Å². The van der Waals surface area contributed by atoms with Crippen LogP contribution in [0, 0.1) is 0 Å². The zero-order valence-electron chi connectivity index (χ0n) is 13.9. The third kappa shape index (κ3) is 4.45. The van der Waals surface area contributed by atoms with Crippen molar-refractivity contribution in [3.63, 3.8) is 0 Å². The average molecular weight is 377 g/mol. The Morgan fingerprint density at radius 1 is 1.38 bits per heavy atom. The van der Waals surface area contributed by atoms with Gasteiger partial charge in [0.05, 0.1) is 12.0 Å². The van der Waals surface area contributed by atoms with Crippen LogP contribution >= 0.6 is 11.8 Å². The molecule has 9 nitrogen and oxygen atoms in total. The molecule has 2 amide bonds. The van der Waals surface area contributed by atoms with Gasteiger partial charge in [-0.05, 0) is 25.0 Å². The normalized spacial score (nSPS) is 14.3. The second-order valence-corrected chi connectivity index (χ2v) is 6.86. The van der Waals surface area contributed by atoms with Gasteiger partial charge in [-0.1, -0.05) is 24.6 Å². The Bertz CT molecular complexity index is 843. The fraction of sp³-hybridized carbons (Fsp3) is 0.375. The number of H-pyrrole nitrogens is 1. The van der Waals surface area contributed by atoms with E-state index in [1.54, 1.807) is 6.07 Å². The third-order valence-corrected chi connectivity index (χ3v) is 4.84. The van der Waals surface area contributed by atoms with E-state index in [9.17, 15) is 14.4 Å². The maximum Gasteiger partial charge on any atom is 0.291 e. The third-order valence-electron chi connectivity index (χ3n) is 3.97. The van der Waals surface area contributed by atoms with Crippen LogP contribution in [0.4, 0.5) is 11.5 Å². The molecule has 1 aliphatic carbocycles. The van der Waals surface area contributed by atoms with Crippen LogP contribution in [0.25, 0.3) is 0 Å². The van der Waals surface area contributed by atoms with E-state index in [1.165, 1.54) is 12.3 Å². The Morgan fingerprint density at radius 2 is 2.15 bits per heavy atom. The highest BCUT2D eigenvalue weighted by molar-refractivity contribution is 7.99. The molecule has 3 rings (SSSR count). The molecule has 0 unspecified atom stereocenters. The minimum absolute atomic E-state index is 0.0471. The maximum atomic E-state index is 12.2. The van der Waals surface area contributed by atoms with Crippen molar-refractivity contribution < 1.29 is 14.0 Å². The lowest BCUT2D eigenvalue weighted by molar-refractivity contribution is -0.119. The molecule has 0 aromatic carbocycles. The topological polar surface area (TPSA) is 143 Å². The number of anilines is 2. The fourth-order valence-electron chi connectivity index (χ4n) is 2.71. The molecule has 2 aromatic heterocycles. The van der Waals surface area contributed by atoms with E-state index in [2.05, 4.69) is 20.6 Å². The van der Waals surface area contributed by atoms with Gasteiger partial charge < -0.3 is 20.8 Å². The van der Waals surface area contributed by atoms with E-state index in [-0.39, 0.29) is 40.1 Å². The number of furan rings is 1. The van der Waals surface area contributed by atoms with Crippen LogP contribution in [0.5, 0.6) is 0 Å². The number of nitrogens with two attached hydrogens (primary N) is 1. The van der Waals surface area contributed by atoms with E-state index in [0.717, 1.165) is 37.4 Å². The van der Waals surface area contributed by atoms with Crippen LogP contribution in [0.1, 0.15) is 36.2 Å². The predicted octanol–water partition coefficient (Wildman–Crippen LogP) is 1.35. The maximum absolute atomic E-state index is 12.2. The molecule has 138 valence electrons. The first-order valence-corrected chi connectivity index (χ1v) is 9.18. The minimum atomic E-state index is -0.606. The summed E-state index contributed by atoms with van der Waals surface area (Å²) < 4.78 is 4.96. The molecule has 1 fully saturated rings. The van der Waals surface area contributed by atoms with Gasteiger partial charge in [0.15, 0.2) is 22.4 Å². The molecular formula is C16H19N5O4S. The summed E-state index contributed by atoms with van der Waals surface area (Å²) in [5.74, 6) is -0.682. The van der Waals surface area contributed by atoms with E-state index in [4.69, 9.17) is 10.2 Å². The van der Waals surface area contributed by atoms with Crippen LogP contribution in [-0.2, 0) is 4.79 Å². The first kappa shape index (κ1) is 18.1. The zero-order valence-corrected chi connectivity index (χ0v) is 14.7. The molecule has 0 spiro atoms. The molecule has 0 radical (unpaired) electrons. The van der Waals surface area contributed by atoms with Crippen molar-refractivity contribution in [2.75, 3.05) is 16.8 Å². The Hall–Kier alpha value is -2.75. The Balaban J connectivity index is 1.60. The van der Waals surface area contributed by atoms with Crippen LogP contribution < -0.4 is 21.9 Å². The number of nitrogens with one attached hydrogen (secondary N) is 3. The lowest BCUT2D eigenvalue weighted by Gasteiger charge is -2.11. The number of aromatic amines is 1. The van der Waals surface area contributed by atoms with Crippen LogP contribution in [0.2, 0.25) is 0 Å². The summed E-state index contributed by atoms with van der Waals surface area (Å²) >= 11 is 1.08. The average Bonchev–Trinajstić information content (AvgIpc) is 3.29. The summed E-state index contributed by atoms with van der Waals surface area (Å²) in [7, 11) is 0. The molecule has 2 heterocycles. The Morgan fingerprint density at radius 3 is 2.81 bits per heavy atom. The highest BCUT2D eigenvalue weighted by atomic mass is 32.2. The van der Waals surface area contributed by atoms with Gasteiger partial charge in [0.2, 0.25) is 5.91 Å². The van der Waals surface area contributed by atoms with Crippen molar-refractivity contribution in [2.45, 2.75) is 36.9 Å². The Labute approximate surface area is 153 Å². The van der Waals surface area contributed by atoms with Crippen molar-refractivity contribution in [1.29, 1.82) is 0 Å². The molecule has 0 aliphatic heterocycles. The van der Waals surface area contributed by atoms with Crippen LogP contribution in [0.15, 0.2) is 32.8 Å². The predicted molar refractivity (Wildman–Crippen MR) is 97.1 cm³/mol. The molecular weight excluding hydrogens is 358 g/mol. The van der Waals surface area contributed by atoms with Gasteiger partial charge in [0.1, 0.15) is 0 Å². The molecule has 0 saturated heterocycles. The van der Waals surface area contributed by atoms with Gasteiger partial charge in [-0.3, -0.25) is 19.4 Å². The number of amides is 2. The quantitative estimate of drug-likeness (QED) is 0.439. The van der Waals surface area contributed by atoms with Crippen molar-refractivity contribution >= 4 is 35.1 Å². The zero-order chi connectivity index (χ0) is 18.5. The summed E-state index contributed by atoms with van der Waals surface area (Å²) in [6, 6.07) is 3.25. The number of hydrogen-bond donors (Lipinski definition) is 4. The molecule has 5 N–H and O–H groups in total. The molecule has 10 heteroatoms.